The molecule has 2 rings (SSSR count). The van der Waals surface area contributed by atoms with Crippen molar-refractivity contribution < 1.29 is 14.2 Å². The molecule has 4 heteroatoms. The van der Waals surface area contributed by atoms with Gasteiger partial charge in [0.15, 0.2) is 0 Å². The lowest BCUT2D eigenvalue weighted by Crippen LogP contribution is -1.92. The van der Waals surface area contributed by atoms with Crippen LogP contribution in [0, 0.1) is 12.7 Å². The lowest BCUT2D eigenvalue weighted by molar-refractivity contribution is 0.276. The maximum Gasteiger partial charge on any atom is 0.130 e. The first kappa shape index (κ1) is 11.5. The normalized spacial score (nSPS) is 10.3. The van der Waals surface area contributed by atoms with Gasteiger partial charge in [0.05, 0.1) is 12.3 Å². The second kappa shape index (κ2) is 4.93. The number of aliphatic hydroxyl groups is 1. The number of hydrogen-bond acceptors (Lipinski definition) is 3. The number of aromatic nitrogens is 1. The highest BCUT2D eigenvalue weighted by atomic mass is 19.1. The van der Waals surface area contributed by atoms with Crippen LogP contribution in [0.1, 0.15) is 11.3 Å². The Morgan fingerprint density at radius 2 is 2.12 bits per heavy atom. The average Bonchev–Trinajstić information content (AvgIpc) is 2.33. The average molecular weight is 233 g/mol. The topological polar surface area (TPSA) is 42.4 Å². The quantitative estimate of drug-likeness (QED) is 0.886. The number of nitrogens with zero attached hydrogens (tertiary/aromatic N) is 1. The van der Waals surface area contributed by atoms with Gasteiger partial charge in [-0.3, -0.25) is 4.98 Å². The van der Waals surface area contributed by atoms with E-state index >= 15 is 0 Å². The van der Waals surface area contributed by atoms with E-state index in [1.165, 1.54) is 12.1 Å². The van der Waals surface area contributed by atoms with Crippen LogP contribution in [0.15, 0.2) is 36.5 Å². The van der Waals surface area contributed by atoms with Crippen LogP contribution in [0.3, 0.4) is 0 Å². The summed E-state index contributed by atoms with van der Waals surface area (Å²) in [7, 11) is 0. The van der Waals surface area contributed by atoms with Gasteiger partial charge in [-0.25, -0.2) is 4.39 Å². The standard InChI is InChI=1S/C13H12FNO2/c1-9-6-10(14)2-3-13(9)17-12-4-5-15-11(7-12)8-16/h2-7,16H,8H2,1H3. The van der Waals surface area contributed by atoms with E-state index in [0.29, 0.717) is 22.8 Å². The Hall–Kier alpha value is -1.94. The molecule has 0 saturated carbocycles. The molecule has 0 amide bonds. The number of aryl methyl sites for hydroxylation is 1. The van der Waals surface area contributed by atoms with Gasteiger partial charge >= 0.3 is 0 Å². The van der Waals surface area contributed by atoms with Crippen molar-refractivity contribution in [1.82, 2.24) is 4.98 Å². The Bertz CT molecular complexity index is 529. The van der Waals surface area contributed by atoms with Crippen LogP contribution in [0.4, 0.5) is 4.39 Å². The minimum absolute atomic E-state index is 0.139. The molecule has 1 aromatic heterocycles. The second-order valence-corrected chi connectivity index (χ2v) is 3.65. The van der Waals surface area contributed by atoms with Crippen molar-refractivity contribution >= 4 is 0 Å². The van der Waals surface area contributed by atoms with Gasteiger partial charge in [-0.15, -0.1) is 0 Å². The Morgan fingerprint density at radius 3 is 2.82 bits per heavy atom. The van der Waals surface area contributed by atoms with Gasteiger partial charge in [-0.05, 0) is 36.8 Å². The van der Waals surface area contributed by atoms with E-state index in [1.54, 1.807) is 31.3 Å². The molecule has 0 aliphatic heterocycles. The molecule has 1 N–H and O–H groups in total. The smallest absolute Gasteiger partial charge is 0.130 e. The highest BCUT2D eigenvalue weighted by molar-refractivity contribution is 5.37. The molecule has 0 saturated heterocycles. The summed E-state index contributed by atoms with van der Waals surface area (Å²) in [5, 5.41) is 8.95. The first-order chi connectivity index (χ1) is 8.19. The van der Waals surface area contributed by atoms with Gasteiger partial charge in [0.25, 0.3) is 0 Å². The molecule has 0 fully saturated rings. The maximum absolute atomic E-state index is 12.9. The molecule has 1 aromatic carbocycles. The molecule has 0 unspecified atom stereocenters. The highest BCUT2D eigenvalue weighted by Gasteiger charge is 2.03. The Morgan fingerprint density at radius 1 is 1.29 bits per heavy atom. The minimum Gasteiger partial charge on any atom is -0.457 e. The molecule has 3 nitrogen and oxygen atoms in total. The predicted octanol–water partition coefficient (Wildman–Crippen LogP) is 2.81. The Labute approximate surface area is 98.5 Å². The highest BCUT2D eigenvalue weighted by Crippen LogP contribution is 2.25. The van der Waals surface area contributed by atoms with Gasteiger partial charge < -0.3 is 9.84 Å². The number of rotatable bonds is 3. The van der Waals surface area contributed by atoms with Crippen LogP contribution >= 0.6 is 0 Å². The molecule has 17 heavy (non-hydrogen) atoms. The largest absolute Gasteiger partial charge is 0.457 e. The third-order valence-electron chi connectivity index (χ3n) is 2.31. The van der Waals surface area contributed by atoms with E-state index in [-0.39, 0.29) is 12.4 Å². The van der Waals surface area contributed by atoms with E-state index < -0.39 is 0 Å². The monoisotopic (exact) mass is 233 g/mol. The predicted molar refractivity (Wildman–Crippen MR) is 61.4 cm³/mol. The molecule has 1 heterocycles. The second-order valence-electron chi connectivity index (χ2n) is 3.65. The molecule has 88 valence electrons. The summed E-state index contributed by atoms with van der Waals surface area (Å²) in [5.41, 5.74) is 1.25. The van der Waals surface area contributed by atoms with Crippen molar-refractivity contribution in [2.45, 2.75) is 13.5 Å². The summed E-state index contributed by atoms with van der Waals surface area (Å²) in [6.07, 6.45) is 1.56. The van der Waals surface area contributed by atoms with Gasteiger partial charge in [0, 0.05) is 12.3 Å². The number of halogens is 1. The van der Waals surface area contributed by atoms with Crippen molar-refractivity contribution in [3.63, 3.8) is 0 Å². The molecule has 0 aliphatic rings. The minimum atomic E-state index is -0.291. The third-order valence-corrected chi connectivity index (χ3v) is 2.31. The van der Waals surface area contributed by atoms with Crippen molar-refractivity contribution in [1.29, 1.82) is 0 Å². The van der Waals surface area contributed by atoms with Gasteiger partial charge in [-0.2, -0.15) is 0 Å². The molecule has 0 bridgehead atoms. The summed E-state index contributed by atoms with van der Waals surface area (Å²) in [5.74, 6) is 0.862. The number of ether oxygens (including phenoxy) is 1. The molecule has 0 radical (unpaired) electrons. The van der Waals surface area contributed by atoms with E-state index in [9.17, 15) is 4.39 Å². The number of pyridine rings is 1. The first-order valence-electron chi connectivity index (χ1n) is 5.19. The maximum atomic E-state index is 12.9. The van der Waals surface area contributed by atoms with Gasteiger partial charge in [0.1, 0.15) is 17.3 Å². The summed E-state index contributed by atoms with van der Waals surface area (Å²) < 4.78 is 18.5. The third kappa shape index (κ3) is 2.79. The number of aliphatic hydroxyl groups excluding tert-OH is 1. The van der Waals surface area contributed by atoms with E-state index in [4.69, 9.17) is 9.84 Å². The SMILES string of the molecule is Cc1cc(F)ccc1Oc1ccnc(CO)c1. The van der Waals surface area contributed by atoms with Crippen LogP contribution in [-0.4, -0.2) is 10.1 Å². The van der Waals surface area contributed by atoms with E-state index in [1.807, 2.05) is 0 Å². The van der Waals surface area contributed by atoms with Crippen molar-refractivity contribution in [3.05, 3.63) is 53.6 Å². The van der Waals surface area contributed by atoms with Crippen LogP contribution < -0.4 is 4.74 Å². The Balaban J connectivity index is 2.25. The fourth-order valence-corrected chi connectivity index (χ4v) is 1.46. The number of hydrogen-bond donors (Lipinski definition) is 1. The van der Waals surface area contributed by atoms with E-state index in [0.717, 1.165) is 0 Å². The fraction of sp³-hybridized carbons (Fsp3) is 0.154. The zero-order valence-corrected chi connectivity index (χ0v) is 9.35. The zero-order chi connectivity index (χ0) is 12.3. The summed E-state index contributed by atoms with van der Waals surface area (Å²) >= 11 is 0. The molecule has 0 spiro atoms. The molecule has 0 atom stereocenters. The fourth-order valence-electron chi connectivity index (χ4n) is 1.46. The van der Waals surface area contributed by atoms with Crippen LogP contribution in [0.25, 0.3) is 0 Å². The van der Waals surface area contributed by atoms with Gasteiger partial charge in [-0.1, -0.05) is 0 Å². The Kier molecular flexibility index (Phi) is 3.35. The first-order valence-corrected chi connectivity index (χ1v) is 5.19. The lowest BCUT2D eigenvalue weighted by Gasteiger charge is -2.09. The summed E-state index contributed by atoms with van der Waals surface area (Å²) in [6.45, 7) is 1.63. The van der Waals surface area contributed by atoms with Crippen molar-refractivity contribution in [2.24, 2.45) is 0 Å². The lowest BCUT2D eigenvalue weighted by atomic mass is 10.2. The summed E-state index contributed by atoms with van der Waals surface area (Å²) in [4.78, 5) is 3.95. The van der Waals surface area contributed by atoms with Crippen molar-refractivity contribution in [2.75, 3.05) is 0 Å². The van der Waals surface area contributed by atoms with Gasteiger partial charge in [0.2, 0.25) is 0 Å². The summed E-state index contributed by atoms with van der Waals surface area (Å²) in [6, 6.07) is 7.65. The molecule has 2 aromatic rings. The molecular formula is C13H12FNO2. The van der Waals surface area contributed by atoms with Crippen LogP contribution in [-0.2, 0) is 6.61 Å². The number of benzene rings is 1. The van der Waals surface area contributed by atoms with E-state index in [2.05, 4.69) is 4.98 Å². The molecule has 0 aliphatic carbocycles. The zero-order valence-electron chi connectivity index (χ0n) is 9.35. The molecular weight excluding hydrogens is 221 g/mol. The van der Waals surface area contributed by atoms with Crippen LogP contribution in [0.2, 0.25) is 0 Å². The van der Waals surface area contributed by atoms with Crippen molar-refractivity contribution in [3.8, 4) is 11.5 Å². The van der Waals surface area contributed by atoms with Crippen LogP contribution in [0.5, 0.6) is 11.5 Å².